The monoisotopic (exact) mass is 425 g/mol. The molecule has 0 fully saturated rings. The minimum Gasteiger partial charge on any atom is -0.493 e. The van der Waals surface area contributed by atoms with Crippen LogP contribution in [-0.4, -0.2) is 37.5 Å². The van der Waals surface area contributed by atoms with Gasteiger partial charge in [-0.15, -0.1) is 0 Å². The summed E-state index contributed by atoms with van der Waals surface area (Å²) in [5.74, 6) is -0.137. The van der Waals surface area contributed by atoms with Crippen molar-refractivity contribution in [3.8, 4) is 11.5 Å². The van der Waals surface area contributed by atoms with E-state index in [-0.39, 0.29) is 24.6 Å². The van der Waals surface area contributed by atoms with Gasteiger partial charge < -0.3 is 25.8 Å². The molecule has 0 radical (unpaired) electrons. The molecule has 0 heterocycles. The van der Waals surface area contributed by atoms with Gasteiger partial charge in [0.25, 0.3) is 5.91 Å². The minimum absolute atomic E-state index is 0.00846. The number of carbonyl (C=O) groups excluding carboxylic acids is 3. The first-order valence-corrected chi connectivity index (χ1v) is 9.79. The molecule has 8 heteroatoms. The zero-order chi connectivity index (χ0) is 22.8. The van der Waals surface area contributed by atoms with E-state index in [2.05, 4.69) is 10.6 Å². The normalized spacial score (nSPS) is 10.7. The Labute approximate surface area is 181 Å². The Balaban J connectivity index is 2.07. The summed E-state index contributed by atoms with van der Waals surface area (Å²) in [5, 5.41) is 5.29. The number of benzene rings is 2. The number of amides is 3. The van der Waals surface area contributed by atoms with Crippen LogP contribution >= 0.6 is 0 Å². The van der Waals surface area contributed by atoms with Crippen molar-refractivity contribution in [2.75, 3.05) is 19.0 Å². The Hall–Kier alpha value is -3.81. The lowest BCUT2D eigenvalue weighted by atomic mass is 10.1. The Morgan fingerprint density at radius 3 is 2.52 bits per heavy atom. The number of methoxy groups -OCH3 is 1. The quantitative estimate of drug-likeness (QED) is 0.506. The van der Waals surface area contributed by atoms with Crippen molar-refractivity contribution in [3.63, 3.8) is 0 Å². The van der Waals surface area contributed by atoms with Crippen LogP contribution in [0.4, 0.5) is 5.69 Å². The third kappa shape index (κ3) is 7.50. The highest BCUT2D eigenvalue weighted by Crippen LogP contribution is 2.29. The largest absolute Gasteiger partial charge is 0.493 e. The van der Waals surface area contributed by atoms with Crippen molar-refractivity contribution in [2.45, 2.75) is 26.4 Å². The molecule has 0 atom stereocenters. The second-order valence-corrected chi connectivity index (χ2v) is 6.92. The minimum atomic E-state index is -0.507. The van der Waals surface area contributed by atoms with E-state index in [0.717, 1.165) is 5.56 Å². The standard InChI is InChI=1S/C23H27N3O5/c1-15(2)31-19-10-8-16(14-20(19)30-3)9-11-22(28)26-18-7-5-4-6-17(18)23(29)25-13-12-21(24)27/h4-11,14-15H,12-13H2,1-3H3,(H2,24,27)(H,25,29)(H,26,28)/b11-9+. The maximum atomic E-state index is 12.4. The van der Waals surface area contributed by atoms with Gasteiger partial charge in [0, 0.05) is 19.0 Å². The molecule has 3 amide bonds. The molecule has 2 aromatic rings. The van der Waals surface area contributed by atoms with Gasteiger partial charge in [0.15, 0.2) is 11.5 Å². The summed E-state index contributed by atoms with van der Waals surface area (Å²) in [5.41, 5.74) is 6.46. The predicted molar refractivity (Wildman–Crippen MR) is 119 cm³/mol. The highest BCUT2D eigenvalue weighted by Gasteiger charge is 2.12. The molecular formula is C23H27N3O5. The average molecular weight is 425 g/mol. The number of hydrogen-bond acceptors (Lipinski definition) is 5. The third-order valence-electron chi connectivity index (χ3n) is 4.06. The van der Waals surface area contributed by atoms with Crippen LogP contribution in [0.5, 0.6) is 11.5 Å². The SMILES string of the molecule is COc1cc(/C=C/C(=O)Nc2ccccc2C(=O)NCCC(N)=O)ccc1OC(C)C. The third-order valence-corrected chi connectivity index (χ3v) is 4.06. The summed E-state index contributed by atoms with van der Waals surface area (Å²) in [6, 6.07) is 11.9. The molecule has 0 saturated carbocycles. The van der Waals surface area contributed by atoms with Gasteiger partial charge in [-0.1, -0.05) is 18.2 Å². The maximum absolute atomic E-state index is 12.4. The Bertz CT molecular complexity index is 969. The van der Waals surface area contributed by atoms with Crippen molar-refractivity contribution >= 4 is 29.5 Å². The lowest BCUT2D eigenvalue weighted by Crippen LogP contribution is -2.28. The number of primary amides is 1. The van der Waals surface area contributed by atoms with Crippen LogP contribution in [0.2, 0.25) is 0 Å². The van der Waals surface area contributed by atoms with Crippen LogP contribution < -0.4 is 25.8 Å². The molecule has 0 bridgehead atoms. The molecule has 31 heavy (non-hydrogen) atoms. The van der Waals surface area contributed by atoms with Crippen molar-refractivity contribution in [2.24, 2.45) is 5.73 Å². The van der Waals surface area contributed by atoms with Gasteiger partial charge in [-0.3, -0.25) is 14.4 Å². The van der Waals surface area contributed by atoms with Gasteiger partial charge >= 0.3 is 0 Å². The molecular weight excluding hydrogens is 398 g/mol. The molecule has 0 aromatic heterocycles. The second kappa shape index (κ2) is 11.4. The smallest absolute Gasteiger partial charge is 0.253 e. The second-order valence-electron chi connectivity index (χ2n) is 6.92. The maximum Gasteiger partial charge on any atom is 0.253 e. The lowest BCUT2D eigenvalue weighted by Gasteiger charge is -2.13. The molecule has 0 aliphatic heterocycles. The van der Waals surface area contributed by atoms with E-state index < -0.39 is 17.7 Å². The number of para-hydroxylation sites is 1. The van der Waals surface area contributed by atoms with Crippen LogP contribution in [0.15, 0.2) is 48.5 Å². The van der Waals surface area contributed by atoms with E-state index in [9.17, 15) is 14.4 Å². The predicted octanol–water partition coefficient (Wildman–Crippen LogP) is 2.74. The van der Waals surface area contributed by atoms with Crippen LogP contribution in [-0.2, 0) is 9.59 Å². The van der Waals surface area contributed by atoms with E-state index in [0.29, 0.717) is 17.2 Å². The van der Waals surface area contributed by atoms with Crippen LogP contribution in [0, 0.1) is 0 Å². The number of ether oxygens (including phenoxy) is 2. The van der Waals surface area contributed by atoms with Gasteiger partial charge in [-0.05, 0) is 49.8 Å². The van der Waals surface area contributed by atoms with Gasteiger partial charge in [0.1, 0.15) is 0 Å². The van der Waals surface area contributed by atoms with Crippen molar-refractivity contribution in [1.29, 1.82) is 0 Å². The summed E-state index contributed by atoms with van der Waals surface area (Å²) in [6.07, 6.45) is 3.04. The lowest BCUT2D eigenvalue weighted by molar-refractivity contribution is -0.118. The first kappa shape index (κ1) is 23.5. The zero-order valence-electron chi connectivity index (χ0n) is 17.8. The zero-order valence-corrected chi connectivity index (χ0v) is 17.8. The van der Waals surface area contributed by atoms with Crippen molar-refractivity contribution < 1.29 is 23.9 Å². The fourth-order valence-electron chi connectivity index (χ4n) is 2.67. The fourth-order valence-corrected chi connectivity index (χ4v) is 2.67. The number of hydrogen-bond donors (Lipinski definition) is 3. The van der Waals surface area contributed by atoms with Gasteiger partial charge in [0.05, 0.1) is 24.5 Å². The number of carbonyl (C=O) groups is 3. The van der Waals surface area contributed by atoms with Crippen LogP contribution in [0.25, 0.3) is 6.08 Å². The van der Waals surface area contributed by atoms with E-state index in [1.807, 2.05) is 19.9 Å². The first-order chi connectivity index (χ1) is 14.8. The first-order valence-electron chi connectivity index (χ1n) is 9.79. The fraction of sp³-hybridized carbons (Fsp3) is 0.261. The van der Waals surface area contributed by atoms with Crippen molar-refractivity contribution in [1.82, 2.24) is 5.32 Å². The van der Waals surface area contributed by atoms with E-state index >= 15 is 0 Å². The van der Waals surface area contributed by atoms with Crippen LogP contribution in [0.3, 0.4) is 0 Å². The molecule has 0 saturated heterocycles. The van der Waals surface area contributed by atoms with E-state index in [4.69, 9.17) is 15.2 Å². The molecule has 0 spiro atoms. The summed E-state index contributed by atoms with van der Waals surface area (Å²) in [6.45, 7) is 3.97. The highest BCUT2D eigenvalue weighted by molar-refractivity contribution is 6.07. The summed E-state index contributed by atoms with van der Waals surface area (Å²) in [7, 11) is 1.55. The van der Waals surface area contributed by atoms with E-state index in [1.54, 1.807) is 49.6 Å². The molecule has 8 nitrogen and oxygen atoms in total. The Morgan fingerprint density at radius 1 is 1.10 bits per heavy atom. The Morgan fingerprint density at radius 2 is 1.84 bits per heavy atom. The topological polar surface area (TPSA) is 120 Å². The van der Waals surface area contributed by atoms with Gasteiger partial charge in [0.2, 0.25) is 11.8 Å². The average Bonchev–Trinajstić information content (AvgIpc) is 2.72. The highest BCUT2D eigenvalue weighted by atomic mass is 16.5. The molecule has 0 aliphatic rings. The number of anilines is 1. The summed E-state index contributed by atoms with van der Waals surface area (Å²) in [4.78, 5) is 35.5. The van der Waals surface area contributed by atoms with Crippen molar-refractivity contribution in [3.05, 3.63) is 59.7 Å². The number of nitrogens with two attached hydrogens (primary N) is 1. The van der Waals surface area contributed by atoms with E-state index in [1.165, 1.54) is 6.08 Å². The summed E-state index contributed by atoms with van der Waals surface area (Å²) >= 11 is 0. The van der Waals surface area contributed by atoms with Gasteiger partial charge in [-0.25, -0.2) is 0 Å². The van der Waals surface area contributed by atoms with Gasteiger partial charge in [-0.2, -0.15) is 0 Å². The number of nitrogens with one attached hydrogen (secondary N) is 2. The molecule has 2 rings (SSSR count). The number of rotatable bonds is 10. The molecule has 0 aliphatic carbocycles. The van der Waals surface area contributed by atoms with Crippen LogP contribution in [0.1, 0.15) is 36.2 Å². The summed E-state index contributed by atoms with van der Waals surface area (Å²) < 4.78 is 11.0. The molecule has 4 N–H and O–H groups in total. The molecule has 2 aromatic carbocycles. The molecule has 164 valence electrons. The Kier molecular flexibility index (Phi) is 8.63. The molecule has 0 unspecified atom stereocenters.